The standard InChI is InChI=1S/C34H36F7N3O4S/c1-3-6-27-32(48-23-18-28(49-19-23)34(39,40)41,13-5-15-44(27)30(46)29-25(33(36,37)38)7-4-14-42-29)31(47)43-16-12-21-9-10-22(35)17-24(21)26(43)11-8-20(2)45/h4,7,9-10,14,17-20,26-27,45H,3,5-6,8,11-13,15-16H2,1-2H3/t20?,26-,27-,32+/m1/s1. The number of nitrogens with zero attached hydrogens (tertiary/aromatic N) is 3. The summed E-state index contributed by atoms with van der Waals surface area (Å²) in [6.45, 7) is 3.35. The Labute approximate surface area is 282 Å². The Balaban J connectivity index is 1.65. The molecule has 5 rings (SSSR count). The Morgan fingerprint density at radius 2 is 1.84 bits per heavy atom. The maximum atomic E-state index is 15.1. The van der Waals surface area contributed by atoms with Gasteiger partial charge in [0.15, 0.2) is 0 Å². The molecule has 0 bridgehead atoms. The number of alkyl halides is 6. The number of pyridine rings is 1. The van der Waals surface area contributed by atoms with Crippen molar-refractivity contribution in [2.24, 2.45) is 0 Å². The molecule has 49 heavy (non-hydrogen) atoms. The summed E-state index contributed by atoms with van der Waals surface area (Å²) in [7, 11) is 0. The number of aromatic nitrogens is 1. The van der Waals surface area contributed by atoms with Crippen molar-refractivity contribution in [2.45, 2.75) is 94.9 Å². The molecule has 0 aliphatic carbocycles. The summed E-state index contributed by atoms with van der Waals surface area (Å²) in [5.74, 6) is -2.61. The van der Waals surface area contributed by atoms with Crippen LogP contribution in [0.15, 0.2) is 48.0 Å². The van der Waals surface area contributed by atoms with Crippen molar-refractivity contribution in [2.75, 3.05) is 13.1 Å². The molecule has 1 N–H and O–H groups in total. The molecule has 2 aromatic heterocycles. The van der Waals surface area contributed by atoms with Gasteiger partial charge in [-0.1, -0.05) is 19.4 Å². The molecule has 3 aromatic rings. The molecule has 1 fully saturated rings. The number of piperidine rings is 1. The van der Waals surface area contributed by atoms with E-state index < -0.39 is 69.9 Å². The van der Waals surface area contributed by atoms with E-state index in [1.165, 1.54) is 17.0 Å². The number of carbonyl (C=O) groups excluding carboxylic acids is 2. The zero-order chi connectivity index (χ0) is 35.7. The molecule has 2 aliphatic heterocycles. The number of benzene rings is 1. The molecular formula is C34H36F7N3O4S. The molecule has 0 spiro atoms. The smallest absolute Gasteiger partial charge is 0.425 e. The monoisotopic (exact) mass is 715 g/mol. The molecule has 2 amide bonds. The number of likely N-dealkylation sites (tertiary alicyclic amines) is 1. The molecular weight excluding hydrogens is 679 g/mol. The summed E-state index contributed by atoms with van der Waals surface area (Å²) in [5.41, 5.74) is -2.88. The van der Waals surface area contributed by atoms with Crippen molar-refractivity contribution in [3.63, 3.8) is 0 Å². The number of aliphatic hydroxyl groups excluding tert-OH is 1. The van der Waals surface area contributed by atoms with Gasteiger partial charge < -0.3 is 19.6 Å². The van der Waals surface area contributed by atoms with Gasteiger partial charge in [-0.25, -0.2) is 4.39 Å². The van der Waals surface area contributed by atoms with Gasteiger partial charge in [-0.05, 0) is 74.4 Å². The number of hydrogen-bond acceptors (Lipinski definition) is 6. The average Bonchev–Trinajstić information content (AvgIpc) is 3.52. The summed E-state index contributed by atoms with van der Waals surface area (Å²) in [5, 5.41) is 11.3. The summed E-state index contributed by atoms with van der Waals surface area (Å²) in [6.07, 6.45) is -8.22. The van der Waals surface area contributed by atoms with Crippen LogP contribution in [0.2, 0.25) is 0 Å². The number of amides is 2. The molecule has 15 heteroatoms. The quantitative estimate of drug-likeness (QED) is 0.229. The van der Waals surface area contributed by atoms with E-state index in [9.17, 15) is 40.6 Å². The van der Waals surface area contributed by atoms with E-state index in [-0.39, 0.29) is 50.9 Å². The minimum absolute atomic E-state index is 0.0549. The second kappa shape index (κ2) is 14.3. The van der Waals surface area contributed by atoms with E-state index in [0.29, 0.717) is 29.7 Å². The van der Waals surface area contributed by atoms with Gasteiger partial charge in [-0.3, -0.25) is 14.6 Å². The Morgan fingerprint density at radius 3 is 2.49 bits per heavy atom. The summed E-state index contributed by atoms with van der Waals surface area (Å²) in [4.78, 5) is 34.5. The van der Waals surface area contributed by atoms with Crippen LogP contribution in [0.3, 0.4) is 0 Å². The van der Waals surface area contributed by atoms with Crippen molar-refractivity contribution in [1.82, 2.24) is 14.8 Å². The predicted molar refractivity (Wildman–Crippen MR) is 166 cm³/mol. The number of fused-ring (bicyclic) bond motifs is 1. The van der Waals surface area contributed by atoms with E-state index in [2.05, 4.69) is 4.98 Å². The number of halogens is 7. The number of hydrogen-bond donors (Lipinski definition) is 1. The third-order valence-corrected chi connectivity index (χ3v) is 10.1. The minimum Gasteiger partial charge on any atom is -0.474 e. The zero-order valence-corrected chi connectivity index (χ0v) is 27.6. The van der Waals surface area contributed by atoms with Gasteiger partial charge in [-0.15, -0.1) is 11.3 Å². The van der Waals surface area contributed by atoms with Crippen LogP contribution < -0.4 is 4.74 Å². The molecule has 1 aromatic carbocycles. The molecule has 1 saturated heterocycles. The maximum absolute atomic E-state index is 15.1. The second-order valence-electron chi connectivity index (χ2n) is 12.5. The Kier molecular flexibility index (Phi) is 10.6. The first-order valence-electron chi connectivity index (χ1n) is 16.0. The van der Waals surface area contributed by atoms with Crippen molar-refractivity contribution < 1.29 is 50.2 Å². The normalized spacial score (nSPS) is 22.1. The maximum Gasteiger partial charge on any atom is 0.425 e. The fourth-order valence-corrected chi connectivity index (χ4v) is 7.62. The molecule has 2 aliphatic rings. The molecule has 266 valence electrons. The summed E-state index contributed by atoms with van der Waals surface area (Å²) >= 11 is 0.359. The van der Waals surface area contributed by atoms with Crippen LogP contribution in [0.5, 0.6) is 5.75 Å². The highest BCUT2D eigenvalue weighted by Gasteiger charge is 2.57. The molecule has 0 radical (unpaired) electrons. The number of aliphatic hydroxyl groups is 1. The van der Waals surface area contributed by atoms with Gasteiger partial charge in [0.1, 0.15) is 22.1 Å². The van der Waals surface area contributed by atoms with E-state index in [1.807, 2.05) is 0 Å². The first-order valence-corrected chi connectivity index (χ1v) is 16.9. The zero-order valence-electron chi connectivity index (χ0n) is 26.8. The number of carbonyl (C=O) groups is 2. The number of ether oxygens (including phenoxy) is 1. The van der Waals surface area contributed by atoms with E-state index >= 15 is 4.79 Å². The number of rotatable bonds is 9. The first kappa shape index (κ1) is 36.6. The lowest BCUT2D eigenvalue weighted by molar-refractivity contribution is -0.162. The van der Waals surface area contributed by atoms with Gasteiger partial charge in [-0.2, -0.15) is 26.3 Å². The van der Waals surface area contributed by atoms with E-state index in [4.69, 9.17) is 4.74 Å². The van der Waals surface area contributed by atoms with Crippen LogP contribution in [0.25, 0.3) is 0 Å². The topological polar surface area (TPSA) is 83.0 Å². The minimum atomic E-state index is -4.92. The highest BCUT2D eigenvalue weighted by atomic mass is 32.1. The largest absolute Gasteiger partial charge is 0.474 e. The van der Waals surface area contributed by atoms with Crippen LogP contribution in [0, 0.1) is 5.82 Å². The fraction of sp³-hybridized carbons (Fsp3) is 0.500. The highest BCUT2D eigenvalue weighted by Crippen LogP contribution is 2.45. The van der Waals surface area contributed by atoms with Crippen LogP contribution in [0.1, 0.15) is 90.5 Å². The molecule has 4 heterocycles. The van der Waals surface area contributed by atoms with Gasteiger partial charge in [0.25, 0.3) is 11.8 Å². The van der Waals surface area contributed by atoms with Crippen LogP contribution in [-0.2, 0) is 23.6 Å². The van der Waals surface area contributed by atoms with E-state index in [1.54, 1.807) is 19.9 Å². The van der Waals surface area contributed by atoms with Crippen LogP contribution in [0.4, 0.5) is 30.7 Å². The first-order chi connectivity index (χ1) is 23.1. The lowest BCUT2D eigenvalue weighted by Gasteiger charge is -2.51. The lowest BCUT2D eigenvalue weighted by Crippen LogP contribution is -2.68. The van der Waals surface area contributed by atoms with Gasteiger partial charge in [0.2, 0.25) is 5.60 Å². The lowest BCUT2D eigenvalue weighted by atomic mass is 9.78. The summed E-state index contributed by atoms with van der Waals surface area (Å²) in [6, 6.07) is 4.79. The van der Waals surface area contributed by atoms with E-state index in [0.717, 1.165) is 40.2 Å². The van der Waals surface area contributed by atoms with Crippen molar-refractivity contribution in [1.29, 1.82) is 0 Å². The molecule has 4 atom stereocenters. The van der Waals surface area contributed by atoms with Gasteiger partial charge in [0.05, 0.1) is 23.8 Å². The Hall–Kier alpha value is -3.72. The van der Waals surface area contributed by atoms with Crippen molar-refractivity contribution in [3.05, 3.63) is 81.1 Å². The molecule has 7 nitrogen and oxygen atoms in total. The number of thiophene rings is 1. The molecule has 0 saturated carbocycles. The average molecular weight is 716 g/mol. The van der Waals surface area contributed by atoms with Gasteiger partial charge in [0, 0.05) is 37.2 Å². The molecule has 1 unspecified atom stereocenters. The second-order valence-corrected chi connectivity index (χ2v) is 13.4. The van der Waals surface area contributed by atoms with Crippen molar-refractivity contribution in [3.8, 4) is 5.75 Å². The third-order valence-electron chi connectivity index (χ3n) is 9.10. The predicted octanol–water partition coefficient (Wildman–Crippen LogP) is 7.83. The highest BCUT2D eigenvalue weighted by molar-refractivity contribution is 7.10. The fourth-order valence-electron chi connectivity index (χ4n) is 6.94. The third kappa shape index (κ3) is 7.57. The Bertz CT molecular complexity index is 1660. The van der Waals surface area contributed by atoms with Crippen LogP contribution in [-0.4, -0.2) is 62.5 Å². The summed E-state index contributed by atoms with van der Waals surface area (Å²) < 4.78 is 104. The van der Waals surface area contributed by atoms with Crippen molar-refractivity contribution >= 4 is 23.2 Å². The van der Waals surface area contributed by atoms with Gasteiger partial charge >= 0.3 is 12.4 Å². The Morgan fingerprint density at radius 1 is 1.08 bits per heavy atom. The SMILES string of the molecule is CCC[C@H]1N(C(=O)c2ncccc2C(F)(F)F)CCC[C@@]1(Oc1csc(C(F)(F)F)c1)C(=O)N1CCc2ccc(F)cc2[C@H]1CCC(C)O. The van der Waals surface area contributed by atoms with Crippen LogP contribution >= 0.6 is 11.3 Å².